The van der Waals surface area contributed by atoms with Gasteiger partial charge in [-0.05, 0) is 59.2 Å². The van der Waals surface area contributed by atoms with E-state index in [1.54, 1.807) is 0 Å². The zero-order valence-corrected chi connectivity index (χ0v) is 22.6. The summed E-state index contributed by atoms with van der Waals surface area (Å²) in [6.45, 7) is 0. The van der Waals surface area contributed by atoms with Crippen LogP contribution in [0.5, 0.6) is 0 Å². The van der Waals surface area contributed by atoms with E-state index >= 15 is 0 Å². The maximum Gasteiger partial charge on any atom is 0.0556 e. The van der Waals surface area contributed by atoms with Crippen molar-refractivity contribution < 1.29 is 0 Å². The van der Waals surface area contributed by atoms with Gasteiger partial charge in [-0.15, -0.1) is 0 Å². The topological polar surface area (TPSA) is 22.8 Å². The van der Waals surface area contributed by atoms with Crippen LogP contribution < -0.4 is 0 Å². The second-order valence-electron chi connectivity index (χ2n) is 11.2. The van der Waals surface area contributed by atoms with E-state index < -0.39 is 0 Å². The summed E-state index contributed by atoms with van der Waals surface area (Å²) >= 11 is 0. The summed E-state index contributed by atoms with van der Waals surface area (Å²) < 4.78 is 4.82. The molecule has 0 unspecified atom stereocenters. The van der Waals surface area contributed by atoms with Gasteiger partial charge in [-0.3, -0.25) is 4.98 Å². The van der Waals surface area contributed by atoms with Gasteiger partial charge in [0.2, 0.25) is 0 Å². The van der Waals surface area contributed by atoms with Crippen LogP contribution in [0, 0.1) is 0 Å². The Balaban J connectivity index is 1.28. The molecule has 10 rings (SSSR count). The standard InChI is InChI=1S/C39H23N3/c1-2-10-26-25(9-1)30-18-20-38(33-23-40-22-32(26)39(30)33)42-36-16-8-5-13-29(36)31-21-24(17-19-37(31)42)41-34-14-6-3-11-27(34)28-12-4-7-15-35(28)41/h1-23H. The lowest BCUT2D eigenvalue weighted by Gasteiger charge is -2.13. The fourth-order valence-corrected chi connectivity index (χ4v) is 7.42. The third-order valence-electron chi connectivity index (χ3n) is 9.14. The number of benzene rings is 6. The van der Waals surface area contributed by atoms with Crippen LogP contribution in [0.3, 0.4) is 0 Å². The van der Waals surface area contributed by atoms with Crippen LogP contribution in [0.25, 0.3) is 88.0 Å². The second kappa shape index (κ2) is 7.96. The molecule has 3 aromatic heterocycles. The molecular formula is C39H23N3. The molecule has 0 fully saturated rings. The van der Waals surface area contributed by atoms with Gasteiger partial charge in [-0.2, -0.15) is 0 Å². The highest BCUT2D eigenvalue weighted by molar-refractivity contribution is 6.18. The van der Waals surface area contributed by atoms with Crippen molar-refractivity contribution in [3.63, 3.8) is 0 Å². The fourth-order valence-electron chi connectivity index (χ4n) is 7.42. The maximum atomic E-state index is 4.74. The van der Waals surface area contributed by atoms with Crippen LogP contribution in [0.15, 0.2) is 140 Å². The van der Waals surface area contributed by atoms with Gasteiger partial charge < -0.3 is 9.13 Å². The second-order valence-corrected chi connectivity index (χ2v) is 11.2. The minimum atomic E-state index is 1.16. The third-order valence-corrected chi connectivity index (χ3v) is 9.14. The van der Waals surface area contributed by atoms with Crippen molar-refractivity contribution in [1.29, 1.82) is 0 Å². The summed E-state index contributed by atoms with van der Waals surface area (Å²) in [5.41, 5.74) is 12.2. The number of fused-ring (bicyclic) bond motifs is 9. The first kappa shape index (κ1) is 22.1. The molecule has 0 bridgehead atoms. The molecule has 0 aliphatic heterocycles. The van der Waals surface area contributed by atoms with E-state index in [2.05, 4.69) is 137 Å². The summed E-state index contributed by atoms with van der Waals surface area (Å²) in [5, 5.41) is 7.50. The molecule has 42 heavy (non-hydrogen) atoms. The van der Waals surface area contributed by atoms with Gasteiger partial charge in [-0.25, -0.2) is 0 Å². The van der Waals surface area contributed by atoms with E-state index in [1.165, 1.54) is 82.3 Å². The normalized spacial score (nSPS) is 12.3. The molecule has 0 amide bonds. The van der Waals surface area contributed by atoms with Gasteiger partial charge in [0.1, 0.15) is 0 Å². The predicted octanol–water partition coefficient (Wildman–Crippen LogP) is 10.1. The molecule has 6 aromatic carbocycles. The third kappa shape index (κ3) is 2.72. The number of pyridine rings is 1. The Morgan fingerprint density at radius 1 is 0.381 bits per heavy atom. The lowest BCUT2D eigenvalue weighted by molar-refractivity contribution is 1.17. The summed E-state index contributed by atoms with van der Waals surface area (Å²) in [4.78, 5) is 4.74. The molecule has 3 heterocycles. The van der Waals surface area contributed by atoms with Gasteiger partial charge in [-0.1, -0.05) is 84.9 Å². The molecule has 0 atom stereocenters. The first-order valence-corrected chi connectivity index (χ1v) is 14.4. The average Bonchev–Trinajstić information content (AvgIpc) is 3.68. The Kier molecular flexibility index (Phi) is 4.18. The lowest BCUT2D eigenvalue weighted by Crippen LogP contribution is -1.97. The fraction of sp³-hybridized carbons (Fsp3) is 0. The average molecular weight is 534 g/mol. The number of hydrogen-bond acceptors (Lipinski definition) is 1. The van der Waals surface area contributed by atoms with Crippen molar-refractivity contribution in [3.8, 4) is 33.6 Å². The highest BCUT2D eigenvalue weighted by atomic mass is 15.0. The summed E-state index contributed by atoms with van der Waals surface area (Å²) in [7, 11) is 0. The molecule has 1 aliphatic carbocycles. The van der Waals surface area contributed by atoms with Crippen molar-refractivity contribution in [2.75, 3.05) is 0 Å². The van der Waals surface area contributed by atoms with Crippen LogP contribution in [0.1, 0.15) is 0 Å². The molecule has 3 nitrogen and oxygen atoms in total. The Bertz CT molecular complexity index is 2500. The van der Waals surface area contributed by atoms with Crippen molar-refractivity contribution in [2.45, 2.75) is 0 Å². The maximum absolute atomic E-state index is 4.74. The zero-order valence-electron chi connectivity index (χ0n) is 22.6. The number of aromatic nitrogens is 3. The molecule has 0 spiro atoms. The van der Waals surface area contributed by atoms with Gasteiger partial charge in [0, 0.05) is 56.0 Å². The predicted molar refractivity (Wildman–Crippen MR) is 175 cm³/mol. The summed E-state index contributed by atoms with van der Waals surface area (Å²) in [5.74, 6) is 0. The van der Waals surface area contributed by atoms with E-state index in [0.717, 1.165) is 5.69 Å². The van der Waals surface area contributed by atoms with E-state index in [1.807, 2.05) is 12.4 Å². The van der Waals surface area contributed by atoms with Crippen molar-refractivity contribution in [2.24, 2.45) is 0 Å². The van der Waals surface area contributed by atoms with Gasteiger partial charge in [0.05, 0.1) is 27.8 Å². The van der Waals surface area contributed by atoms with Crippen LogP contribution in [-0.2, 0) is 0 Å². The van der Waals surface area contributed by atoms with Crippen molar-refractivity contribution in [3.05, 3.63) is 140 Å². The largest absolute Gasteiger partial charge is 0.309 e. The van der Waals surface area contributed by atoms with Gasteiger partial charge in [0.25, 0.3) is 0 Å². The first-order valence-electron chi connectivity index (χ1n) is 14.4. The molecule has 0 saturated heterocycles. The number of hydrogen-bond donors (Lipinski definition) is 0. The number of para-hydroxylation sites is 3. The Labute approximate surface area is 241 Å². The van der Waals surface area contributed by atoms with E-state index in [-0.39, 0.29) is 0 Å². The summed E-state index contributed by atoms with van der Waals surface area (Å²) in [6, 6.07) is 46.3. The zero-order chi connectivity index (χ0) is 27.4. The monoisotopic (exact) mass is 533 g/mol. The molecule has 9 aromatic rings. The van der Waals surface area contributed by atoms with Crippen LogP contribution in [-0.4, -0.2) is 14.1 Å². The molecule has 0 saturated carbocycles. The quantitative estimate of drug-likeness (QED) is 0.217. The molecule has 0 radical (unpaired) electrons. The van der Waals surface area contributed by atoms with Crippen LogP contribution in [0.2, 0.25) is 0 Å². The number of nitrogens with zero attached hydrogens (tertiary/aromatic N) is 3. The highest BCUT2D eigenvalue weighted by Gasteiger charge is 2.24. The lowest BCUT2D eigenvalue weighted by atomic mass is 10.0. The smallest absolute Gasteiger partial charge is 0.0556 e. The Hall–Kier alpha value is -5.67. The van der Waals surface area contributed by atoms with Gasteiger partial charge in [0.15, 0.2) is 0 Å². The van der Waals surface area contributed by atoms with Crippen molar-refractivity contribution in [1.82, 2.24) is 14.1 Å². The highest BCUT2D eigenvalue weighted by Crippen LogP contribution is 2.48. The van der Waals surface area contributed by atoms with Crippen molar-refractivity contribution >= 4 is 54.4 Å². The SMILES string of the molecule is c1ccc2c(c1)-c1ccc(-n3c4ccccc4c4cc(-n5c6ccccc6c6ccccc65)ccc43)c3cncc-2c13. The van der Waals surface area contributed by atoms with E-state index in [9.17, 15) is 0 Å². The van der Waals surface area contributed by atoms with Gasteiger partial charge >= 0.3 is 0 Å². The Morgan fingerprint density at radius 2 is 0.952 bits per heavy atom. The van der Waals surface area contributed by atoms with E-state index in [0.29, 0.717) is 0 Å². The molecule has 1 aliphatic rings. The van der Waals surface area contributed by atoms with Crippen LogP contribution >= 0.6 is 0 Å². The Morgan fingerprint density at radius 3 is 1.67 bits per heavy atom. The summed E-state index contributed by atoms with van der Waals surface area (Å²) in [6.07, 6.45) is 4.06. The van der Waals surface area contributed by atoms with E-state index in [4.69, 9.17) is 4.98 Å². The minimum absolute atomic E-state index is 1.16. The molecular weight excluding hydrogens is 510 g/mol. The van der Waals surface area contributed by atoms with Crippen LogP contribution in [0.4, 0.5) is 0 Å². The first-order chi connectivity index (χ1) is 20.9. The molecule has 0 N–H and O–H groups in total. The number of rotatable bonds is 2. The molecule has 194 valence electrons. The minimum Gasteiger partial charge on any atom is -0.309 e. The molecule has 3 heteroatoms.